The van der Waals surface area contributed by atoms with Crippen molar-refractivity contribution in [1.29, 1.82) is 0 Å². The summed E-state index contributed by atoms with van der Waals surface area (Å²) in [5, 5.41) is 2.36. The molecule has 0 spiro atoms. The maximum atomic E-state index is 13.1. The van der Waals surface area contributed by atoms with Gasteiger partial charge in [0.25, 0.3) is 0 Å². The van der Waals surface area contributed by atoms with E-state index in [2.05, 4.69) is 22.0 Å². The molecular formula is C19H21BrN2O2. The van der Waals surface area contributed by atoms with Gasteiger partial charge in [-0.05, 0) is 23.6 Å². The van der Waals surface area contributed by atoms with Gasteiger partial charge in [-0.2, -0.15) is 5.06 Å². The molecule has 0 N–H and O–H groups in total. The normalized spacial score (nSPS) is 17.6. The Morgan fingerprint density at radius 2 is 1.83 bits per heavy atom. The number of benzene rings is 2. The zero-order valence-electron chi connectivity index (χ0n) is 13.7. The number of nitrogens with zero attached hydrogens (tertiary/aromatic N) is 2. The van der Waals surface area contributed by atoms with E-state index < -0.39 is 0 Å². The summed E-state index contributed by atoms with van der Waals surface area (Å²) in [6.45, 7) is 0.655. The number of hydroxylamine groups is 2. The fraction of sp³-hybridized carbons (Fsp3) is 0.316. The highest BCUT2D eigenvalue weighted by Crippen LogP contribution is 2.35. The number of carbonyl (C=O) groups excluding carboxylic acids is 1. The van der Waals surface area contributed by atoms with Crippen molar-refractivity contribution in [2.24, 2.45) is 0 Å². The average Bonchev–Trinajstić information content (AvgIpc) is 2.75. The number of urea groups is 1. The van der Waals surface area contributed by atoms with Crippen LogP contribution < -0.4 is 4.90 Å². The van der Waals surface area contributed by atoms with E-state index >= 15 is 0 Å². The van der Waals surface area contributed by atoms with Crippen LogP contribution in [0, 0.1) is 0 Å². The second-order valence-corrected chi connectivity index (χ2v) is 6.54. The van der Waals surface area contributed by atoms with Crippen molar-refractivity contribution < 1.29 is 9.63 Å². The first-order valence-corrected chi connectivity index (χ1v) is 9.22. The molecule has 1 aliphatic heterocycles. The average molecular weight is 389 g/mol. The smallest absolute Gasteiger partial charge is 0.292 e. The summed E-state index contributed by atoms with van der Waals surface area (Å²) < 4.78 is 0. The molecule has 1 unspecified atom stereocenters. The monoisotopic (exact) mass is 388 g/mol. The van der Waals surface area contributed by atoms with Gasteiger partial charge in [0.1, 0.15) is 0 Å². The van der Waals surface area contributed by atoms with Crippen LogP contribution in [0.2, 0.25) is 0 Å². The van der Waals surface area contributed by atoms with Crippen molar-refractivity contribution in [2.45, 2.75) is 18.9 Å². The van der Waals surface area contributed by atoms with Gasteiger partial charge in [-0.15, -0.1) is 0 Å². The van der Waals surface area contributed by atoms with Gasteiger partial charge in [0.15, 0.2) is 0 Å². The van der Waals surface area contributed by atoms with Gasteiger partial charge in [0, 0.05) is 24.0 Å². The van der Waals surface area contributed by atoms with Gasteiger partial charge in [-0.25, -0.2) is 4.79 Å². The fourth-order valence-corrected chi connectivity index (χ4v) is 3.41. The molecule has 3 rings (SSSR count). The lowest BCUT2D eigenvalue weighted by Crippen LogP contribution is -2.43. The number of hydrogen-bond acceptors (Lipinski definition) is 2. The number of anilines is 1. The summed E-state index contributed by atoms with van der Waals surface area (Å²) >= 11 is 3.45. The van der Waals surface area contributed by atoms with Crippen LogP contribution in [0.15, 0.2) is 54.6 Å². The van der Waals surface area contributed by atoms with E-state index in [4.69, 9.17) is 4.84 Å². The molecule has 5 heteroatoms. The van der Waals surface area contributed by atoms with E-state index in [1.807, 2.05) is 53.4 Å². The highest BCUT2D eigenvalue weighted by Gasteiger charge is 2.35. The summed E-state index contributed by atoms with van der Waals surface area (Å²) in [5.41, 5.74) is 3.21. The molecule has 1 atom stereocenters. The first-order valence-electron chi connectivity index (χ1n) is 8.10. The third kappa shape index (κ3) is 3.32. The Kier molecular flexibility index (Phi) is 5.53. The number of carbonyl (C=O) groups is 1. The van der Waals surface area contributed by atoms with Crippen LogP contribution >= 0.6 is 15.9 Å². The number of halogens is 1. The fourth-order valence-electron chi connectivity index (χ4n) is 3.16. The summed E-state index contributed by atoms with van der Waals surface area (Å²) in [4.78, 5) is 20.5. The first-order chi connectivity index (χ1) is 11.8. The third-order valence-corrected chi connectivity index (χ3v) is 4.86. The predicted molar refractivity (Wildman–Crippen MR) is 99.3 cm³/mol. The number of alkyl halides is 1. The van der Waals surface area contributed by atoms with E-state index in [-0.39, 0.29) is 12.1 Å². The molecule has 2 amide bonds. The van der Waals surface area contributed by atoms with Crippen LogP contribution in [0.4, 0.5) is 10.5 Å². The number of amides is 2. The number of fused-ring (bicyclic) bond motifs is 1. The van der Waals surface area contributed by atoms with E-state index in [1.165, 1.54) is 5.06 Å². The van der Waals surface area contributed by atoms with Crippen LogP contribution in [0.3, 0.4) is 0 Å². The lowest BCUT2D eigenvalue weighted by Gasteiger charge is -2.31. The highest BCUT2D eigenvalue weighted by molar-refractivity contribution is 9.09. The highest BCUT2D eigenvalue weighted by atomic mass is 79.9. The molecule has 1 heterocycles. The largest absolute Gasteiger partial charge is 0.349 e. The lowest BCUT2D eigenvalue weighted by molar-refractivity contribution is -0.115. The van der Waals surface area contributed by atoms with Crippen molar-refractivity contribution in [1.82, 2.24) is 5.06 Å². The minimum absolute atomic E-state index is 0.114. The van der Waals surface area contributed by atoms with Crippen LogP contribution in [-0.2, 0) is 11.3 Å². The maximum absolute atomic E-state index is 13.1. The quantitative estimate of drug-likeness (QED) is 0.703. The zero-order chi connectivity index (χ0) is 16.9. The zero-order valence-corrected chi connectivity index (χ0v) is 15.3. The standard InChI is InChI=1S/C19H21BrN2O2/c1-24-22-18(15-8-3-2-4-9-15)14-16-10-5-6-11-17(16)21(19(22)23)13-7-12-20/h2-6,8-11,18H,7,12-14H2,1H3. The topological polar surface area (TPSA) is 32.8 Å². The van der Waals surface area contributed by atoms with Gasteiger partial charge in [0.05, 0.1) is 13.2 Å². The Morgan fingerprint density at radius 1 is 1.12 bits per heavy atom. The Balaban J connectivity index is 2.05. The molecule has 0 saturated carbocycles. The Hall–Kier alpha value is -1.85. The number of hydrogen-bond donors (Lipinski definition) is 0. The van der Waals surface area contributed by atoms with Crippen LogP contribution in [0.1, 0.15) is 23.6 Å². The molecule has 0 bridgehead atoms. The number of rotatable bonds is 5. The summed E-state index contributed by atoms with van der Waals surface area (Å²) in [5.74, 6) is 0. The molecule has 0 aliphatic carbocycles. The minimum atomic E-state index is -0.140. The van der Waals surface area contributed by atoms with Crippen molar-refractivity contribution in [3.63, 3.8) is 0 Å². The Labute approximate surface area is 151 Å². The molecule has 2 aromatic carbocycles. The van der Waals surface area contributed by atoms with Gasteiger partial charge in [-0.3, -0.25) is 9.74 Å². The van der Waals surface area contributed by atoms with Crippen LogP contribution in [0.5, 0.6) is 0 Å². The van der Waals surface area contributed by atoms with Gasteiger partial charge < -0.3 is 0 Å². The van der Waals surface area contributed by atoms with Gasteiger partial charge in [0.2, 0.25) is 0 Å². The third-order valence-electron chi connectivity index (χ3n) is 4.29. The number of para-hydroxylation sites is 1. The van der Waals surface area contributed by atoms with E-state index in [1.54, 1.807) is 7.11 Å². The molecular weight excluding hydrogens is 368 g/mol. The first kappa shape index (κ1) is 17.0. The molecule has 0 aromatic heterocycles. The molecule has 126 valence electrons. The molecule has 4 nitrogen and oxygen atoms in total. The minimum Gasteiger partial charge on any atom is -0.292 e. The molecule has 0 radical (unpaired) electrons. The van der Waals surface area contributed by atoms with Crippen molar-refractivity contribution in [3.8, 4) is 0 Å². The molecule has 0 fully saturated rings. The Morgan fingerprint density at radius 3 is 2.54 bits per heavy atom. The van der Waals surface area contributed by atoms with Crippen LogP contribution in [-0.4, -0.2) is 30.1 Å². The lowest BCUT2D eigenvalue weighted by atomic mass is 9.98. The van der Waals surface area contributed by atoms with Gasteiger partial charge in [-0.1, -0.05) is 64.5 Å². The molecule has 24 heavy (non-hydrogen) atoms. The maximum Gasteiger partial charge on any atom is 0.349 e. The van der Waals surface area contributed by atoms with Gasteiger partial charge >= 0.3 is 6.03 Å². The second-order valence-electron chi connectivity index (χ2n) is 5.74. The van der Waals surface area contributed by atoms with Crippen molar-refractivity contribution >= 4 is 27.6 Å². The SMILES string of the molecule is CON1C(=O)N(CCCBr)c2ccccc2CC1c1ccccc1. The summed E-state index contributed by atoms with van der Waals surface area (Å²) in [7, 11) is 1.56. The molecule has 1 aliphatic rings. The van der Waals surface area contributed by atoms with E-state index in [9.17, 15) is 4.79 Å². The second kappa shape index (κ2) is 7.81. The van der Waals surface area contributed by atoms with Crippen molar-refractivity contribution in [2.75, 3.05) is 23.9 Å². The predicted octanol–water partition coefficient (Wildman–Crippen LogP) is 4.56. The summed E-state index contributed by atoms with van der Waals surface area (Å²) in [6, 6.07) is 17.9. The van der Waals surface area contributed by atoms with E-state index in [0.29, 0.717) is 6.54 Å². The van der Waals surface area contributed by atoms with Crippen molar-refractivity contribution in [3.05, 3.63) is 65.7 Å². The van der Waals surface area contributed by atoms with E-state index in [0.717, 1.165) is 35.0 Å². The Bertz CT molecular complexity index is 693. The van der Waals surface area contributed by atoms with Crippen LogP contribution in [0.25, 0.3) is 0 Å². The summed E-state index contributed by atoms with van der Waals surface area (Å²) in [6.07, 6.45) is 1.61. The molecule has 0 saturated heterocycles. The molecule has 2 aromatic rings.